The molecule has 2 heterocycles. The summed E-state index contributed by atoms with van der Waals surface area (Å²) in [6, 6.07) is 17.9. The lowest BCUT2D eigenvalue weighted by atomic mass is 10.0. The first-order valence-corrected chi connectivity index (χ1v) is 9.08. The van der Waals surface area contributed by atoms with E-state index in [1.165, 1.54) is 10.5 Å². The van der Waals surface area contributed by atoms with Crippen LogP contribution in [-0.4, -0.2) is 40.7 Å². The van der Waals surface area contributed by atoms with Crippen LogP contribution in [0.25, 0.3) is 5.70 Å². The summed E-state index contributed by atoms with van der Waals surface area (Å²) in [5.74, 6) is -0.122. The van der Waals surface area contributed by atoms with Gasteiger partial charge in [0.1, 0.15) is 6.54 Å². The zero-order valence-corrected chi connectivity index (χ0v) is 14.7. The molecule has 2 aromatic carbocycles. The van der Waals surface area contributed by atoms with E-state index < -0.39 is 0 Å². The van der Waals surface area contributed by atoms with Gasteiger partial charge in [-0.3, -0.25) is 14.5 Å². The lowest BCUT2D eigenvalue weighted by Crippen LogP contribution is -2.43. The van der Waals surface area contributed by atoms with Crippen molar-refractivity contribution in [2.24, 2.45) is 0 Å². The number of likely N-dealkylation sites (tertiary alicyclic amines) is 1. The summed E-state index contributed by atoms with van der Waals surface area (Å²) in [6.45, 7) is 4.86. The predicted molar refractivity (Wildman–Crippen MR) is 101 cm³/mol. The molecule has 0 radical (unpaired) electrons. The molecule has 0 aromatic heterocycles. The molecule has 1 saturated heterocycles. The summed E-state index contributed by atoms with van der Waals surface area (Å²) in [4.78, 5) is 29.0. The normalized spacial score (nSPS) is 19.2. The Bertz CT molecular complexity index is 824. The zero-order chi connectivity index (χ0) is 18.1. The van der Waals surface area contributed by atoms with Crippen molar-refractivity contribution in [3.05, 3.63) is 77.9 Å². The highest BCUT2D eigenvalue weighted by atomic mass is 16.2. The Balaban J connectivity index is 1.46. The molecular formula is C22H22N2O2. The third kappa shape index (κ3) is 2.92. The summed E-state index contributed by atoms with van der Waals surface area (Å²) in [5.41, 5.74) is 3.32. The number of hydrogen-bond donors (Lipinski definition) is 0. The van der Waals surface area contributed by atoms with Crippen molar-refractivity contribution in [3.8, 4) is 0 Å². The zero-order valence-electron chi connectivity index (χ0n) is 14.7. The fourth-order valence-electron chi connectivity index (χ4n) is 3.99. The number of amides is 2. The van der Waals surface area contributed by atoms with Gasteiger partial charge in [-0.05, 0) is 30.9 Å². The van der Waals surface area contributed by atoms with Crippen molar-refractivity contribution in [1.29, 1.82) is 0 Å². The van der Waals surface area contributed by atoms with Crippen molar-refractivity contribution in [1.82, 2.24) is 9.80 Å². The van der Waals surface area contributed by atoms with Gasteiger partial charge in [0.05, 0.1) is 0 Å². The van der Waals surface area contributed by atoms with Crippen molar-refractivity contribution >= 4 is 17.5 Å². The number of rotatable bonds is 4. The van der Waals surface area contributed by atoms with Crippen molar-refractivity contribution in [3.63, 3.8) is 0 Å². The van der Waals surface area contributed by atoms with Gasteiger partial charge < -0.3 is 4.90 Å². The highest BCUT2D eigenvalue weighted by Crippen LogP contribution is 2.31. The third-order valence-corrected chi connectivity index (χ3v) is 5.34. The molecule has 132 valence electrons. The molecule has 0 spiro atoms. The Morgan fingerprint density at radius 1 is 1.04 bits per heavy atom. The Kier molecular flexibility index (Phi) is 4.33. The second-order valence-electron chi connectivity index (χ2n) is 6.96. The summed E-state index contributed by atoms with van der Waals surface area (Å²) in [6.07, 6.45) is 2.88. The van der Waals surface area contributed by atoms with Crippen LogP contribution in [0, 0.1) is 0 Å². The van der Waals surface area contributed by atoms with E-state index in [1.807, 2.05) is 41.3 Å². The molecule has 1 fully saturated rings. The van der Waals surface area contributed by atoms with Gasteiger partial charge in [-0.15, -0.1) is 0 Å². The van der Waals surface area contributed by atoms with Crippen LogP contribution in [0.5, 0.6) is 0 Å². The molecule has 0 bridgehead atoms. The largest absolute Gasteiger partial charge is 0.338 e. The Morgan fingerprint density at radius 2 is 1.73 bits per heavy atom. The second-order valence-corrected chi connectivity index (χ2v) is 6.96. The quantitative estimate of drug-likeness (QED) is 0.852. The van der Waals surface area contributed by atoms with E-state index in [2.05, 4.69) is 18.7 Å². The summed E-state index contributed by atoms with van der Waals surface area (Å²) < 4.78 is 0. The lowest BCUT2D eigenvalue weighted by Gasteiger charge is -2.27. The predicted octanol–water partition coefficient (Wildman–Crippen LogP) is 3.35. The van der Waals surface area contributed by atoms with E-state index in [0.717, 1.165) is 31.4 Å². The average Bonchev–Trinajstić information content (AvgIpc) is 3.22. The van der Waals surface area contributed by atoms with Crippen LogP contribution >= 0.6 is 0 Å². The van der Waals surface area contributed by atoms with Crippen LogP contribution in [0.1, 0.15) is 34.3 Å². The van der Waals surface area contributed by atoms with Gasteiger partial charge in [0.2, 0.25) is 5.91 Å². The van der Waals surface area contributed by atoms with Crippen LogP contribution in [0.15, 0.2) is 61.2 Å². The molecule has 2 aliphatic rings. The lowest BCUT2D eigenvalue weighted by molar-refractivity contribution is -0.132. The van der Waals surface area contributed by atoms with Gasteiger partial charge in [-0.1, -0.05) is 55.1 Å². The number of fused-ring (bicyclic) bond motifs is 1. The van der Waals surface area contributed by atoms with Gasteiger partial charge >= 0.3 is 0 Å². The fourth-order valence-corrected chi connectivity index (χ4v) is 3.99. The van der Waals surface area contributed by atoms with E-state index in [4.69, 9.17) is 0 Å². The molecule has 2 aliphatic heterocycles. The SMILES string of the molecule is C=C1c2ccccc2C(=O)N1CC(=O)N1CCC[C@@H]1Cc1ccccc1. The molecule has 4 rings (SSSR count). The minimum Gasteiger partial charge on any atom is -0.338 e. The summed E-state index contributed by atoms with van der Waals surface area (Å²) in [7, 11) is 0. The van der Waals surface area contributed by atoms with Crippen LogP contribution in [0.4, 0.5) is 0 Å². The summed E-state index contributed by atoms with van der Waals surface area (Å²) >= 11 is 0. The minimum absolute atomic E-state index is 0.00531. The molecule has 2 amide bonds. The van der Waals surface area contributed by atoms with E-state index >= 15 is 0 Å². The summed E-state index contributed by atoms with van der Waals surface area (Å²) in [5, 5.41) is 0. The Hall–Kier alpha value is -2.88. The number of carbonyl (C=O) groups is 2. The molecule has 0 unspecified atom stereocenters. The van der Waals surface area contributed by atoms with Gasteiger partial charge in [-0.2, -0.15) is 0 Å². The molecular weight excluding hydrogens is 324 g/mol. The highest BCUT2D eigenvalue weighted by Gasteiger charge is 2.35. The van der Waals surface area contributed by atoms with Gasteiger partial charge in [0.15, 0.2) is 0 Å². The highest BCUT2D eigenvalue weighted by molar-refractivity contribution is 6.10. The third-order valence-electron chi connectivity index (χ3n) is 5.34. The standard InChI is InChI=1S/C22H22N2O2/c1-16-19-11-5-6-12-20(19)22(26)24(16)15-21(25)23-13-7-10-18(23)14-17-8-3-2-4-9-17/h2-6,8-9,11-12,18H,1,7,10,13-15H2/t18-/m1/s1. The smallest absolute Gasteiger partial charge is 0.259 e. The molecule has 4 heteroatoms. The molecule has 0 saturated carbocycles. The monoisotopic (exact) mass is 346 g/mol. The maximum Gasteiger partial charge on any atom is 0.259 e. The topological polar surface area (TPSA) is 40.6 Å². The van der Waals surface area contributed by atoms with E-state index in [1.54, 1.807) is 6.07 Å². The first kappa shape index (κ1) is 16.6. The molecule has 4 nitrogen and oxygen atoms in total. The van der Waals surface area contributed by atoms with Crippen LogP contribution < -0.4 is 0 Å². The Morgan fingerprint density at radius 3 is 2.46 bits per heavy atom. The van der Waals surface area contributed by atoms with Crippen LogP contribution in [-0.2, 0) is 11.2 Å². The molecule has 26 heavy (non-hydrogen) atoms. The second kappa shape index (κ2) is 6.79. The van der Waals surface area contributed by atoms with Gasteiger partial charge in [0, 0.05) is 29.4 Å². The van der Waals surface area contributed by atoms with E-state index in [0.29, 0.717) is 11.3 Å². The van der Waals surface area contributed by atoms with Gasteiger partial charge in [0.25, 0.3) is 5.91 Å². The van der Waals surface area contributed by atoms with Crippen molar-refractivity contribution in [2.45, 2.75) is 25.3 Å². The van der Waals surface area contributed by atoms with Crippen LogP contribution in [0.3, 0.4) is 0 Å². The van der Waals surface area contributed by atoms with E-state index in [9.17, 15) is 9.59 Å². The number of benzene rings is 2. The van der Waals surface area contributed by atoms with Gasteiger partial charge in [-0.25, -0.2) is 0 Å². The molecule has 0 N–H and O–H groups in total. The van der Waals surface area contributed by atoms with Crippen LogP contribution in [0.2, 0.25) is 0 Å². The first-order chi connectivity index (χ1) is 12.6. The number of hydrogen-bond acceptors (Lipinski definition) is 2. The van der Waals surface area contributed by atoms with Crippen molar-refractivity contribution < 1.29 is 9.59 Å². The maximum atomic E-state index is 12.9. The number of nitrogens with zero attached hydrogens (tertiary/aromatic N) is 2. The number of carbonyl (C=O) groups excluding carboxylic acids is 2. The molecule has 1 atom stereocenters. The molecule has 2 aromatic rings. The van der Waals surface area contributed by atoms with Crippen molar-refractivity contribution in [2.75, 3.05) is 13.1 Å². The molecule has 0 aliphatic carbocycles. The fraction of sp³-hybridized carbons (Fsp3) is 0.273. The van der Waals surface area contributed by atoms with E-state index in [-0.39, 0.29) is 24.4 Å². The average molecular weight is 346 g/mol. The first-order valence-electron chi connectivity index (χ1n) is 9.08. The maximum absolute atomic E-state index is 12.9. The minimum atomic E-state index is -0.127. The Labute approximate surface area is 153 Å².